The number of nitrogens with one attached hydrogen (secondary N) is 1. The van der Waals surface area contributed by atoms with E-state index in [0.717, 1.165) is 47.9 Å². The van der Waals surface area contributed by atoms with Gasteiger partial charge in [-0.05, 0) is 101 Å². The molecular formula is C39H42BrClFN3O5. The van der Waals surface area contributed by atoms with Gasteiger partial charge in [-0.25, -0.2) is 4.39 Å². The highest BCUT2D eigenvalue weighted by Gasteiger charge is 2.43. The van der Waals surface area contributed by atoms with Gasteiger partial charge in [-0.3, -0.25) is 14.4 Å². The molecule has 2 fully saturated rings. The third kappa shape index (κ3) is 9.13. The van der Waals surface area contributed by atoms with Crippen molar-refractivity contribution in [2.45, 2.75) is 75.9 Å². The summed E-state index contributed by atoms with van der Waals surface area (Å²) in [6.07, 6.45) is 5.10. The summed E-state index contributed by atoms with van der Waals surface area (Å²) in [5.74, 6) is -0.856. The Morgan fingerprint density at radius 3 is 2.52 bits per heavy atom. The average molecular weight is 767 g/mol. The second-order valence-corrected chi connectivity index (χ2v) is 14.6. The number of carbonyl (C=O) groups is 3. The van der Waals surface area contributed by atoms with Crippen LogP contribution in [0.5, 0.6) is 5.75 Å². The lowest BCUT2D eigenvalue weighted by molar-refractivity contribution is -0.138. The maximum Gasteiger partial charge on any atom is 0.303 e. The Hall–Kier alpha value is -3.73. The quantitative estimate of drug-likeness (QED) is 0.161. The summed E-state index contributed by atoms with van der Waals surface area (Å²) >= 11 is 9.88. The molecule has 6 rings (SSSR count). The Morgan fingerprint density at radius 1 is 1.00 bits per heavy atom. The molecule has 2 aliphatic heterocycles. The van der Waals surface area contributed by atoms with Gasteiger partial charge in [0.05, 0.1) is 17.1 Å². The second-order valence-electron chi connectivity index (χ2n) is 13.4. The number of nitrogens with zero attached hydrogens (tertiary/aromatic N) is 2. The zero-order valence-electron chi connectivity index (χ0n) is 27.9. The van der Waals surface area contributed by atoms with Gasteiger partial charge in [0, 0.05) is 61.2 Å². The molecule has 0 radical (unpaired) electrons. The first-order valence-electron chi connectivity index (χ1n) is 17.4. The molecule has 2 bridgehead atoms. The van der Waals surface area contributed by atoms with Gasteiger partial charge >= 0.3 is 5.97 Å². The Morgan fingerprint density at radius 2 is 1.78 bits per heavy atom. The molecule has 1 saturated heterocycles. The molecule has 0 unspecified atom stereocenters. The number of carboxylic acids is 1. The lowest BCUT2D eigenvalue weighted by atomic mass is 9.82. The van der Waals surface area contributed by atoms with Crippen LogP contribution < -0.4 is 10.1 Å². The molecule has 1 aliphatic carbocycles. The third-order valence-electron chi connectivity index (χ3n) is 9.66. The predicted molar refractivity (Wildman–Crippen MR) is 195 cm³/mol. The summed E-state index contributed by atoms with van der Waals surface area (Å²) in [6, 6.07) is 20.3. The molecule has 2 N–H and O–H groups in total. The van der Waals surface area contributed by atoms with E-state index < -0.39 is 5.97 Å². The van der Waals surface area contributed by atoms with Crippen molar-refractivity contribution in [1.82, 2.24) is 15.1 Å². The number of fused-ring (bicyclic) bond motifs is 2. The summed E-state index contributed by atoms with van der Waals surface area (Å²) in [6.45, 7) is 1.85. The fourth-order valence-corrected chi connectivity index (χ4v) is 7.56. The van der Waals surface area contributed by atoms with E-state index >= 15 is 0 Å². The standard InChI is InChI=1S/C39H42BrClFN3O5/c40-32-17-14-28(42)21-35(32)50-20-4-5-25-10-12-26(13-11-25)31-22-29-23-44(36(46)8-3-9-37(47)48)24-34(43-29)38(31)39(49)45(30-15-16-30)19-18-27-6-1-2-7-33(27)41/h1-2,6-7,10-14,17,21,29-30,34,43H,3-5,8-9,15-16,18-20,22-24H2,(H,47,48)/t29-,34-/m1/s1. The number of benzene rings is 3. The van der Waals surface area contributed by atoms with Gasteiger partial charge in [-0.1, -0.05) is 54.1 Å². The van der Waals surface area contributed by atoms with Gasteiger partial charge in [0.25, 0.3) is 5.91 Å². The molecule has 11 heteroatoms. The summed E-state index contributed by atoms with van der Waals surface area (Å²) < 4.78 is 20.1. The first kappa shape index (κ1) is 36.1. The summed E-state index contributed by atoms with van der Waals surface area (Å²) in [7, 11) is 0. The van der Waals surface area contributed by atoms with Crippen LogP contribution in [-0.2, 0) is 27.2 Å². The maximum absolute atomic E-state index is 14.7. The van der Waals surface area contributed by atoms with Crippen LogP contribution in [0.25, 0.3) is 5.57 Å². The Kier molecular flexibility index (Phi) is 11.9. The number of carboxylic acid groups (broad SMARTS) is 1. The minimum absolute atomic E-state index is 0.00425. The van der Waals surface area contributed by atoms with Gasteiger partial charge in [0.15, 0.2) is 0 Å². The summed E-state index contributed by atoms with van der Waals surface area (Å²) in [5, 5.41) is 13.4. The van der Waals surface area contributed by atoms with Crippen LogP contribution in [0.1, 0.15) is 61.6 Å². The molecule has 3 aromatic carbocycles. The van der Waals surface area contributed by atoms with Crippen LogP contribution in [0, 0.1) is 5.82 Å². The number of ether oxygens (including phenoxy) is 1. The lowest BCUT2D eigenvalue weighted by Crippen LogP contribution is -2.62. The Balaban J connectivity index is 1.21. The van der Waals surface area contributed by atoms with Crippen molar-refractivity contribution in [2.75, 3.05) is 26.2 Å². The van der Waals surface area contributed by atoms with Crippen molar-refractivity contribution in [3.63, 3.8) is 0 Å². The smallest absolute Gasteiger partial charge is 0.303 e. The number of aryl methyl sites for hydroxylation is 1. The first-order chi connectivity index (χ1) is 24.2. The van der Waals surface area contributed by atoms with Crippen LogP contribution in [0.4, 0.5) is 4.39 Å². The molecule has 264 valence electrons. The number of aliphatic carboxylic acids is 1. The number of hydrogen-bond acceptors (Lipinski definition) is 5. The van der Waals surface area contributed by atoms with E-state index in [-0.39, 0.29) is 48.6 Å². The molecular weight excluding hydrogens is 725 g/mol. The minimum Gasteiger partial charge on any atom is -0.492 e. The molecule has 8 nitrogen and oxygen atoms in total. The Labute approximate surface area is 305 Å². The summed E-state index contributed by atoms with van der Waals surface area (Å²) in [5.41, 5.74) is 4.85. The average Bonchev–Trinajstić information content (AvgIpc) is 3.94. The second kappa shape index (κ2) is 16.5. The van der Waals surface area contributed by atoms with Crippen molar-refractivity contribution in [2.24, 2.45) is 0 Å². The summed E-state index contributed by atoms with van der Waals surface area (Å²) in [4.78, 5) is 42.7. The number of amides is 2. The first-order valence-corrected chi connectivity index (χ1v) is 18.5. The fourth-order valence-electron chi connectivity index (χ4n) is 6.97. The minimum atomic E-state index is -0.913. The lowest BCUT2D eigenvalue weighted by Gasteiger charge is -2.45. The van der Waals surface area contributed by atoms with Gasteiger partial charge in [0.1, 0.15) is 11.6 Å². The van der Waals surface area contributed by atoms with Crippen LogP contribution in [0.2, 0.25) is 5.02 Å². The number of carbonyl (C=O) groups excluding carboxylic acids is 2. The van der Waals surface area contributed by atoms with Crippen molar-refractivity contribution < 1.29 is 28.6 Å². The van der Waals surface area contributed by atoms with E-state index in [9.17, 15) is 18.8 Å². The van der Waals surface area contributed by atoms with Crippen LogP contribution in [-0.4, -0.2) is 77.1 Å². The maximum atomic E-state index is 14.7. The van der Waals surface area contributed by atoms with Crippen molar-refractivity contribution in [3.05, 3.63) is 104 Å². The normalized spacial score (nSPS) is 18.6. The zero-order valence-corrected chi connectivity index (χ0v) is 30.2. The third-order valence-corrected chi connectivity index (χ3v) is 10.7. The number of piperazine rings is 1. The number of halogens is 3. The molecule has 2 heterocycles. The Bertz CT molecular complexity index is 1750. The van der Waals surface area contributed by atoms with Crippen LogP contribution >= 0.6 is 27.5 Å². The van der Waals surface area contributed by atoms with Crippen molar-refractivity contribution in [1.29, 1.82) is 0 Å². The molecule has 50 heavy (non-hydrogen) atoms. The van der Waals surface area contributed by atoms with Gasteiger partial charge in [0.2, 0.25) is 5.91 Å². The van der Waals surface area contributed by atoms with Crippen LogP contribution in [0.3, 0.4) is 0 Å². The van der Waals surface area contributed by atoms with E-state index in [0.29, 0.717) is 66.3 Å². The topological polar surface area (TPSA) is 99.2 Å². The van der Waals surface area contributed by atoms with Crippen LogP contribution in [0.15, 0.2) is 76.8 Å². The molecule has 3 aromatic rings. The van der Waals surface area contributed by atoms with Crippen molar-refractivity contribution in [3.8, 4) is 5.75 Å². The van der Waals surface area contributed by atoms with Gasteiger partial charge in [-0.2, -0.15) is 0 Å². The van der Waals surface area contributed by atoms with E-state index in [4.69, 9.17) is 21.4 Å². The number of rotatable bonds is 15. The predicted octanol–water partition coefficient (Wildman–Crippen LogP) is 7.07. The van der Waals surface area contributed by atoms with E-state index in [2.05, 4.69) is 45.5 Å². The highest BCUT2D eigenvalue weighted by Crippen LogP contribution is 2.37. The molecule has 1 saturated carbocycles. The zero-order chi connectivity index (χ0) is 35.2. The largest absolute Gasteiger partial charge is 0.492 e. The van der Waals surface area contributed by atoms with E-state index in [1.54, 1.807) is 11.0 Å². The molecule has 0 aromatic heterocycles. The van der Waals surface area contributed by atoms with E-state index in [1.807, 2.05) is 29.2 Å². The molecule has 0 spiro atoms. The highest BCUT2D eigenvalue weighted by atomic mass is 79.9. The number of hydrogen-bond donors (Lipinski definition) is 2. The molecule has 2 atom stereocenters. The van der Waals surface area contributed by atoms with E-state index in [1.165, 1.54) is 12.1 Å². The van der Waals surface area contributed by atoms with Crippen molar-refractivity contribution >= 4 is 50.9 Å². The molecule has 3 aliphatic rings. The fraction of sp³-hybridized carbons (Fsp3) is 0.410. The monoisotopic (exact) mass is 765 g/mol. The molecule has 2 amide bonds. The SMILES string of the molecule is O=C(O)CCCC(=O)N1C[C@H]2CC(c3ccc(CCCOc4cc(F)ccc4Br)cc3)=C(C(=O)N(CCc3ccccc3Cl)C3CC3)[C@@H](C1)N2. The highest BCUT2D eigenvalue weighted by molar-refractivity contribution is 9.10. The van der Waals surface area contributed by atoms with Gasteiger partial charge in [-0.15, -0.1) is 0 Å². The van der Waals surface area contributed by atoms with Gasteiger partial charge < -0.3 is 25.0 Å².